The molecule has 0 aromatic carbocycles. The highest BCUT2D eigenvalue weighted by Gasteiger charge is 1.98. The lowest BCUT2D eigenvalue weighted by atomic mass is 10.3. The van der Waals surface area contributed by atoms with Crippen molar-refractivity contribution >= 4 is 11.6 Å². The van der Waals surface area contributed by atoms with Gasteiger partial charge in [-0.05, 0) is 6.07 Å². The van der Waals surface area contributed by atoms with Gasteiger partial charge in [-0.2, -0.15) is 0 Å². The first kappa shape index (κ1) is 7.31. The minimum absolute atomic E-state index is 0.0705. The topological polar surface area (TPSA) is 53.4 Å². The molecule has 0 unspecified atom stereocenters. The van der Waals surface area contributed by atoms with Gasteiger partial charge >= 0.3 is 0 Å². The molecule has 0 saturated heterocycles. The fourth-order valence-corrected chi connectivity index (χ4v) is 0.724. The molecule has 1 rings (SSSR count). The zero-order valence-corrected chi connectivity index (χ0v) is 5.84. The Labute approximate surface area is 62.9 Å². The number of rotatable bonds is 1. The molecule has 0 aliphatic rings. The molecule has 2 N–H and O–H groups in total. The molecular formula is C6H6ClNO2. The lowest BCUT2D eigenvalue weighted by Crippen LogP contribution is -1.86. The van der Waals surface area contributed by atoms with E-state index in [-0.39, 0.29) is 17.4 Å². The highest BCUT2D eigenvalue weighted by molar-refractivity contribution is 6.31. The Hall–Kier alpha value is -0.800. The molecule has 3 nitrogen and oxygen atoms in total. The van der Waals surface area contributed by atoms with E-state index in [4.69, 9.17) is 21.8 Å². The average molecular weight is 160 g/mol. The maximum Gasteiger partial charge on any atom is 0.152 e. The zero-order valence-electron chi connectivity index (χ0n) is 5.08. The van der Waals surface area contributed by atoms with Gasteiger partial charge in [0.05, 0.1) is 23.5 Å². The van der Waals surface area contributed by atoms with E-state index in [9.17, 15) is 0 Å². The zero-order chi connectivity index (χ0) is 7.56. The van der Waals surface area contributed by atoms with E-state index in [0.717, 1.165) is 0 Å². The van der Waals surface area contributed by atoms with Crippen LogP contribution in [-0.2, 0) is 6.61 Å². The second kappa shape index (κ2) is 2.86. The molecule has 0 aliphatic carbocycles. The van der Waals surface area contributed by atoms with Crippen molar-refractivity contribution in [1.82, 2.24) is 4.98 Å². The predicted molar refractivity (Wildman–Crippen MR) is 36.8 cm³/mol. The molecular weight excluding hydrogens is 154 g/mol. The highest BCUT2D eigenvalue weighted by atomic mass is 35.5. The molecule has 1 heterocycles. The largest absolute Gasteiger partial charge is 0.505 e. The van der Waals surface area contributed by atoms with Crippen LogP contribution < -0.4 is 0 Å². The molecule has 1 aromatic rings. The summed E-state index contributed by atoms with van der Waals surface area (Å²) in [5.41, 5.74) is 0.447. The molecule has 10 heavy (non-hydrogen) atoms. The maximum absolute atomic E-state index is 8.86. The Morgan fingerprint density at radius 2 is 2.30 bits per heavy atom. The lowest BCUT2D eigenvalue weighted by Gasteiger charge is -1.96. The van der Waals surface area contributed by atoms with Gasteiger partial charge in [0.2, 0.25) is 0 Å². The average Bonchev–Trinajstić information content (AvgIpc) is 1.95. The van der Waals surface area contributed by atoms with Gasteiger partial charge in [0.15, 0.2) is 5.75 Å². The molecule has 0 amide bonds. The van der Waals surface area contributed by atoms with E-state index in [2.05, 4.69) is 4.98 Å². The van der Waals surface area contributed by atoms with Crippen LogP contribution in [0.15, 0.2) is 12.3 Å². The van der Waals surface area contributed by atoms with Crippen molar-refractivity contribution in [2.45, 2.75) is 6.61 Å². The van der Waals surface area contributed by atoms with E-state index in [1.165, 1.54) is 12.3 Å². The third kappa shape index (κ3) is 1.37. The normalized spacial score (nSPS) is 9.80. The van der Waals surface area contributed by atoms with Crippen LogP contribution in [0.5, 0.6) is 5.75 Å². The van der Waals surface area contributed by atoms with Gasteiger partial charge in [0.25, 0.3) is 0 Å². The molecule has 0 aliphatic heterocycles. The van der Waals surface area contributed by atoms with Gasteiger partial charge in [0.1, 0.15) is 0 Å². The van der Waals surface area contributed by atoms with Crippen molar-refractivity contribution in [3.8, 4) is 5.75 Å². The SMILES string of the molecule is OCc1cc(Cl)c(O)cn1. The molecule has 1 aromatic heterocycles. The van der Waals surface area contributed by atoms with Crippen molar-refractivity contribution in [3.63, 3.8) is 0 Å². The summed E-state index contributed by atoms with van der Waals surface area (Å²) in [6, 6.07) is 1.41. The molecule has 0 bridgehead atoms. The van der Waals surface area contributed by atoms with Gasteiger partial charge in [0, 0.05) is 0 Å². The highest BCUT2D eigenvalue weighted by Crippen LogP contribution is 2.21. The van der Waals surface area contributed by atoms with Gasteiger partial charge in [-0.15, -0.1) is 0 Å². The second-order valence-electron chi connectivity index (χ2n) is 1.79. The van der Waals surface area contributed by atoms with Crippen LogP contribution in [0.4, 0.5) is 0 Å². The molecule has 0 spiro atoms. The fraction of sp³-hybridized carbons (Fsp3) is 0.167. The Morgan fingerprint density at radius 1 is 1.60 bits per heavy atom. The van der Waals surface area contributed by atoms with Gasteiger partial charge < -0.3 is 10.2 Å². The smallest absolute Gasteiger partial charge is 0.152 e. The van der Waals surface area contributed by atoms with E-state index in [1.807, 2.05) is 0 Å². The minimum atomic E-state index is -0.167. The van der Waals surface area contributed by atoms with Gasteiger partial charge in [-0.3, -0.25) is 4.98 Å². The molecule has 54 valence electrons. The quantitative estimate of drug-likeness (QED) is 0.641. The van der Waals surface area contributed by atoms with Crippen LogP contribution in [-0.4, -0.2) is 15.2 Å². The molecule has 0 saturated carbocycles. The van der Waals surface area contributed by atoms with Crippen molar-refractivity contribution in [3.05, 3.63) is 23.0 Å². The van der Waals surface area contributed by atoms with Crippen molar-refractivity contribution in [1.29, 1.82) is 0 Å². The summed E-state index contributed by atoms with van der Waals surface area (Å²) in [4.78, 5) is 3.67. The number of nitrogens with zero attached hydrogens (tertiary/aromatic N) is 1. The summed E-state index contributed by atoms with van der Waals surface area (Å²) in [5.74, 6) is -0.0705. The third-order valence-electron chi connectivity index (χ3n) is 1.05. The predicted octanol–water partition coefficient (Wildman–Crippen LogP) is 0.933. The standard InChI is InChI=1S/C6H6ClNO2/c7-5-1-4(3-9)8-2-6(5)10/h1-2,9-10H,3H2. The lowest BCUT2D eigenvalue weighted by molar-refractivity contribution is 0.276. The van der Waals surface area contributed by atoms with E-state index in [0.29, 0.717) is 5.69 Å². The number of aromatic hydroxyl groups is 1. The Bertz CT molecular complexity index is 239. The number of aliphatic hydroxyl groups is 1. The monoisotopic (exact) mass is 159 g/mol. The van der Waals surface area contributed by atoms with Crippen LogP contribution in [0.3, 0.4) is 0 Å². The summed E-state index contributed by atoms with van der Waals surface area (Å²) in [6.45, 7) is -0.167. The number of aliphatic hydroxyl groups excluding tert-OH is 1. The van der Waals surface area contributed by atoms with E-state index >= 15 is 0 Å². The molecule has 4 heteroatoms. The summed E-state index contributed by atoms with van der Waals surface area (Å²) in [6.07, 6.45) is 1.20. The first-order valence-electron chi connectivity index (χ1n) is 2.68. The van der Waals surface area contributed by atoms with E-state index in [1.54, 1.807) is 0 Å². The second-order valence-corrected chi connectivity index (χ2v) is 2.19. The van der Waals surface area contributed by atoms with Gasteiger partial charge in [-0.1, -0.05) is 11.6 Å². The summed E-state index contributed by atoms with van der Waals surface area (Å²) in [5, 5.41) is 17.6. The first-order chi connectivity index (χ1) is 4.74. The van der Waals surface area contributed by atoms with Crippen molar-refractivity contribution in [2.75, 3.05) is 0 Å². The molecule has 0 fully saturated rings. The third-order valence-corrected chi connectivity index (χ3v) is 1.36. The van der Waals surface area contributed by atoms with Gasteiger partial charge in [-0.25, -0.2) is 0 Å². The van der Waals surface area contributed by atoms with Crippen LogP contribution >= 0.6 is 11.6 Å². The summed E-state index contributed by atoms with van der Waals surface area (Å²) < 4.78 is 0. The maximum atomic E-state index is 8.86. The minimum Gasteiger partial charge on any atom is -0.505 e. The van der Waals surface area contributed by atoms with Crippen molar-refractivity contribution < 1.29 is 10.2 Å². The summed E-state index contributed by atoms with van der Waals surface area (Å²) >= 11 is 5.49. The van der Waals surface area contributed by atoms with Crippen LogP contribution in [0.25, 0.3) is 0 Å². The van der Waals surface area contributed by atoms with E-state index < -0.39 is 0 Å². The summed E-state index contributed by atoms with van der Waals surface area (Å²) in [7, 11) is 0. The number of hydrogen-bond acceptors (Lipinski definition) is 3. The van der Waals surface area contributed by atoms with Crippen molar-refractivity contribution in [2.24, 2.45) is 0 Å². The fourth-order valence-electron chi connectivity index (χ4n) is 0.550. The Balaban J connectivity index is 3.04. The first-order valence-corrected chi connectivity index (χ1v) is 3.06. The molecule has 0 radical (unpaired) electrons. The Morgan fingerprint density at radius 3 is 2.80 bits per heavy atom. The van der Waals surface area contributed by atoms with Crippen LogP contribution in [0.2, 0.25) is 5.02 Å². The van der Waals surface area contributed by atoms with Crippen LogP contribution in [0.1, 0.15) is 5.69 Å². The number of halogens is 1. The number of pyridine rings is 1. The number of aromatic nitrogens is 1. The van der Waals surface area contributed by atoms with Crippen LogP contribution in [0, 0.1) is 0 Å². The number of hydrogen-bond donors (Lipinski definition) is 2. The Kier molecular flexibility index (Phi) is 2.09. The molecule has 0 atom stereocenters.